The molecule has 3 aromatic rings. The molecule has 2 heterocycles. The molecular formula is C15H11ClN4O. The van der Waals surface area contributed by atoms with E-state index < -0.39 is 0 Å². The number of halogens is 1. The molecule has 0 spiro atoms. The zero-order chi connectivity index (χ0) is 14.7. The minimum Gasteiger partial charge on any atom is -0.307 e. The van der Waals surface area contributed by atoms with E-state index in [1.165, 1.54) is 0 Å². The van der Waals surface area contributed by atoms with Gasteiger partial charge in [-0.25, -0.2) is 10.4 Å². The third-order valence-electron chi connectivity index (χ3n) is 2.91. The molecule has 104 valence electrons. The Bertz CT molecular complexity index is 808. The number of imidazole rings is 1. The maximum absolute atomic E-state index is 12.0. The maximum Gasteiger partial charge on any atom is 0.271 e. The number of carbonyl (C=O) groups excluding carboxylic acids is 1. The number of rotatable bonds is 3. The Morgan fingerprint density at radius 3 is 2.86 bits per heavy atom. The summed E-state index contributed by atoms with van der Waals surface area (Å²) in [5.74, 6) is -0.286. The lowest BCUT2D eigenvalue weighted by Crippen LogP contribution is -2.17. The smallest absolute Gasteiger partial charge is 0.271 e. The van der Waals surface area contributed by atoms with Crippen LogP contribution in [0, 0.1) is 0 Å². The molecule has 3 rings (SSSR count). The molecule has 1 amide bonds. The van der Waals surface area contributed by atoms with Crippen molar-refractivity contribution < 1.29 is 4.79 Å². The first-order valence-corrected chi connectivity index (χ1v) is 6.62. The number of pyridine rings is 1. The van der Waals surface area contributed by atoms with Crippen molar-refractivity contribution in [3.63, 3.8) is 0 Å². The molecule has 1 aromatic carbocycles. The van der Waals surface area contributed by atoms with Gasteiger partial charge in [0.2, 0.25) is 0 Å². The van der Waals surface area contributed by atoms with E-state index in [4.69, 9.17) is 11.6 Å². The van der Waals surface area contributed by atoms with Crippen molar-refractivity contribution in [2.45, 2.75) is 0 Å². The second-order valence-electron chi connectivity index (χ2n) is 4.36. The molecule has 0 fully saturated rings. The van der Waals surface area contributed by atoms with Crippen molar-refractivity contribution in [3.8, 4) is 0 Å². The van der Waals surface area contributed by atoms with Gasteiger partial charge in [-0.2, -0.15) is 5.10 Å². The molecule has 0 unspecified atom stereocenters. The van der Waals surface area contributed by atoms with Crippen LogP contribution in [0.2, 0.25) is 5.02 Å². The van der Waals surface area contributed by atoms with E-state index in [2.05, 4.69) is 15.5 Å². The first-order valence-electron chi connectivity index (χ1n) is 6.24. The summed E-state index contributed by atoms with van der Waals surface area (Å²) in [5, 5.41) is 4.58. The molecule has 0 saturated heterocycles. The molecule has 5 nitrogen and oxygen atoms in total. The topological polar surface area (TPSA) is 58.8 Å². The summed E-state index contributed by atoms with van der Waals surface area (Å²) in [6, 6.07) is 10.6. The third kappa shape index (κ3) is 3.09. The van der Waals surface area contributed by atoms with Gasteiger partial charge in [0.05, 0.1) is 6.21 Å². The molecule has 21 heavy (non-hydrogen) atoms. The van der Waals surface area contributed by atoms with Crippen molar-refractivity contribution in [1.82, 2.24) is 14.8 Å². The SMILES string of the molecule is O=C(NN=Cc1ccc(Cl)cc1)c1ccn2ccnc2c1. The van der Waals surface area contributed by atoms with E-state index in [0.717, 1.165) is 5.56 Å². The number of hydrogen-bond acceptors (Lipinski definition) is 3. The molecule has 1 N–H and O–H groups in total. The maximum atomic E-state index is 12.0. The highest BCUT2D eigenvalue weighted by Crippen LogP contribution is 2.08. The zero-order valence-electron chi connectivity index (χ0n) is 10.9. The Morgan fingerprint density at radius 2 is 2.05 bits per heavy atom. The molecule has 6 heteroatoms. The highest BCUT2D eigenvalue weighted by molar-refractivity contribution is 6.30. The van der Waals surface area contributed by atoms with Crippen LogP contribution in [0.3, 0.4) is 0 Å². The zero-order valence-corrected chi connectivity index (χ0v) is 11.7. The number of nitrogens with one attached hydrogen (secondary N) is 1. The summed E-state index contributed by atoms with van der Waals surface area (Å²) in [6.07, 6.45) is 6.83. The van der Waals surface area contributed by atoms with Gasteiger partial charge in [0.15, 0.2) is 0 Å². The van der Waals surface area contributed by atoms with E-state index in [1.54, 1.807) is 42.9 Å². The molecule has 0 aliphatic rings. The number of benzene rings is 1. The lowest BCUT2D eigenvalue weighted by molar-refractivity contribution is 0.0955. The summed E-state index contributed by atoms with van der Waals surface area (Å²) in [5.41, 5.74) is 4.54. The van der Waals surface area contributed by atoms with Crippen molar-refractivity contribution in [1.29, 1.82) is 0 Å². The Hall–Kier alpha value is -2.66. The van der Waals surface area contributed by atoms with Crippen LogP contribution in [0.15, 0.2) is 60.1 Å². The van der Waals surface area contributed by atoms with Crippen LogP contribution in [0.5, 0.6) is 0 Å². The van der Waals surface area contributed by atoms with Gasteiger partial charge >= 0.3 is 0 Å². The van der Waals surface area contributed by atoms with E-state index in [0.29, 0.717) is 16.2 Å². The van der Waals surface area contributed by atoms with E-state index in [1.807, 2.05) is 22.7 Å². The quantitative estimate of drug-likeness (QED) is 0.597. The van der Waals surface area contributed by atoms with Gasteiger partial charge in [-0.15, -0.1) is 0 Å². The fourth-order valence-electron chi connectivity index (χ4n) is 1.83. The molecule has 0 radical (unpaired) electrons. The van der Waals surface area contributed by atoms with Crippen LogP contribution in [0.1, 0.15) is 15.9 Å². The first kappa shape index (κ1) is 13.3. The molecule has 2 aromatic heterocycles. The summed E-state index contributed by atoms with van der Waals surface area (Å²) in [6.45, 7) is 0. The molecule has 0 aliphatic carbocycles. The number of fused-ring (bicyclic) bond motifs is 1. The lowest BCUT2D eigenvalue weighted by atomic mass is 10.2. The number of carbonyl (C=O) groups is 1. The predicted octanol–water partition coefficient (Wildman–Crippen LogP) is 2.75. The Kier molecular flexibility index (Phi) is 3.66. The number of hydrogen-bond donors (Lipinski definition) is 1. The third-order valence-corrected chi connectivity index (χ3v) is 3.16. The van der Waals surface area contributed by atoms with Crippen molar-refractivity contribution in [3.05, 3.63) is 71.1 Å². The van der Waals surface area contributed by atoms with Crippen LogP contribution in [0.4, 0.5) is 0 Å². The summed E-state index contributed by atoms with van der Waals surface area (Å²) in [4.78, 5) is 16.1. The van der Waals surface area contributed by atoms with Crippen LogP contribution in [0.25, 0.3) is 5.65 Å². The van der Waals surface area contributed by atoms with E-state index >= 15 is 0 Å². The molecule has 0 bridgehead atoms. The van der Waals surface area contributed by atoms with Gasteiger partial charge in [0, 0.05) is 29.2 Å². The van der Waals surface area contributed by atoms with Gasteiger partial charge in [-0.05, 0) is 29.8 Å². The predicted molar refractivity (Wildman–Crippen MR) is 81.7 cm³/mol. The van der Waals surface area contributed by atoms with Crippen molar-refractivity contribution in [2.24, 2.45) is 5.10 Å². The Balaban J connectivity index is 1.69. The molecule has 0 saturated carbocycles. The van der Waals surface area contributed by atoms with Gasteiger partial charge in [-0.1, -0.05) is 23.7 Å². The number of hydrazone groups is 1. The largest absolute Gasteiger partial charge is 0.307 e. The molecular weight excluding hydrogens is 288 g/mol. The fourth-order valence-corrected chi connectivity index (χ4v) is 1.96. The van der Waals surface area contributed by atoms with Crippen LogP contribution >= 0.6 is 11.6 Å². The van der Waals surface area contributed by atoms with E-state index in [-0.39, 0.29) is 5.91 Å². The summed E-state index contributed by atoms with van der Waals surface area (Å²) in [7, 11) is 0. The van der Waals surface area contributed by atoms with Gasteiger partial charge in [0.25, 0.3) is 5.91 Å². The number of nitrogens with zero attached hydrogens (tertiary/aromatic N) is 3. The van der Waals surface area contributed by atoms with Crippen LogP contribution < -0.4 is 5.43 Å². The molecule has 0 atom stereocenters. The standard InChI is InChI=1S/C15H11ClN4O/c16-13-3-1-11(2-4-13)10-18-19-15(21)12-5-7-20-8-6-17-14(20)9-12/h1-10H,(H,19,21). The monoisotopic (exact) mass is 298 g/mol. The minimum absolute atomic E-state index is 0.286. The number of aromatic nitrogens is 2. The minimum atomic E-state index is -0.286. The van der Waals surface area contributed by atoms with Gasteiger partial charge < -0.3 is 4.40 Å². The van der Waals surface area contributed by atoms with Crippen molar-refractivity contribution >= 4 is 29.4 Å². The molecule has 0 aliphatic heterocycles. The second kappa shape index (κ2) is 5.76. The normalized spacial score (nSPS) is 11.1. The highest BCUT2D eigenvalue weighted by atomic mass is 35.5. The average Bonchev–Trinajstić information content (AvgIpc) is 2.96. The van der Waals surface area contributed by atoms with Gasteiger partial charge in [-0.3, -0.25) is 4.79 Å². The average molecular weight is 299 g/mol. The van der Waals surface area contributed by atoms with Gasteiger partial charge in [0.1, 0.15) is 5.65 Å². The van der Waals surface area contributed by atoms with Crippen LogP contribution in [-0.4, -0.2) is 21.5 Å². The fraction of sp³-hybridized carbons (Fsp3) is 0. The number of amides is 1. The summed E-state index contributed by atoms with van der Waals surface area (Å²) < 4.78 is 1.83. The highest BCUT2D eigenvalue weighted by Gasteiger charge is 2.05. The lowest BCUT2D eigenvalue weighted by Gasteiger charge is -2.00. The van der Waals surface area contributed by atoms with E-state index in [9.17, 15) is 4.79 Å². The van der Waals surface area contributed by atoms with Crippen molar-refractivity contribution in [2.75, 3.05) is 0 Å². The Labute approximate surface area is 125 Å². The second-order valence-corrected chi connectivity index (χ2v) is 4.80. The first-order chi connectivity index (χ1) is 10.2. The Morgan fingerprint density at radius 1 is 1.24 bits per heavy atom. The summed E-state index contributed by atoms with van der Waals surface area (Å²) >= 11 is 5.79. The van der Waals surface area contributed by atoms with Crippen LogP contribution in [-0.2, 0) is 0 Å².